The molecule has 0 saturated carbocycles. The number of piperidine rings is 1. The van der Waals surface area contributed by atoms with E-state index in [1.807, 2.05) is 18.2 Å². The number of benzene rings is 2. The van der Waals surface area contributed by atoms with Crippen molar-refractivity contribution in [2.45, 2.75) is 48.9 Å². The van der Waals surface area contributed by atoms with Crippen molar-refractivity contribution in [3.05, 3.63) is 54.1 Å². The molecule has 1 fully saturated rings. The maximum absolute atomic E-state index is 12.9. The van der Waals surface area contributed by atoms with Crippen LogP contribution >= 0.6 is 12.4 Å². The van der Waals surface area contributed by atoms with E-state index < -0.39 is 9.84 Å². The van der Waals surface area contributed by atoms with Crippen LogP contribution in [0.1, 0.15) is 32.3 Å². The Morgan fingerprint density at radius 3 is 2.31 bits per heavy atom. The fraction of sp³-hybridized carbons (Fsp3) is 0.478. The lowest BCUT2D eigenvalue weighted by Gasteiger charge is -2.38. The van der Waals surface area contributed by atoms with Gasteiger partial charge in [0, 0.05) is 37.9 Å². The van der Waals surface area contributed by atoms with Gasteiger partial charge in [-0.3, -0.25) is 0 Å². The van der Waals surface area contributed by atoms with Crippen molar-refractivity contribution in [3.8, 4) is 0 Å². The van der Waals surface area contributed by atoms with Crippen LogP contribution in [0.2, 0.25) is 0 Å². The molecule has 2 aliphatic heterocycles. The summed E-state index contributed by atoms with van der Waals surface area (Å²) in [4.78, 5) is 5.86. The number of hydrogen-bond donors (Lipinski definition) is 0. The van der Waals surface area contributed by atoms with Crippen molar-refractivity contribution < 1.29 is 8.42 Å². The van der Waals surface area contributed by atoms with Crippen LogP contribution in [0.4, 0.5) is 5.69 Å². The Balaban J connectivity index is 0.00000240. The van der Waals surface area contributed by atoms with E-state index in [9.17, 15) is 8.42 Å². The second-order valence-electron chi connectivity index (χ2n) is 8.48. The van der Waals surface area contributed by atoms with Gasteiger partial charge in [-0.15, -0.1) is 12.4 Å². The average molecular weight is 435 g/mol. The summed E-state index contributed by atoms with van der Waals surface area (Å²) in [6.45, 7) is 9.07. The third kappa shape index (κ3) is 4.62. The highest BCUT2D eigenvalue weighted by atomic mass is 35.5. The zero-order valence-electron chi connectivity index (χ0n) is 17.3. The summed E-state index contributed by atoms with van der Waals surface area (Å²) >= 11 is 0. The number of halogens is 1. The highest BCUT2D eigenvalue weighted by Gasteiger charge is 2.30. The molecule has 158 valence electrons. The molecule has 0 bridgehead atoms. The van der Waals surface area contributed by atoms with Gasteiger partial charge in [-0.1, -0.05) is 32.0 Å². The van der Waals surface area contributed by atoms with E-state index in [2.05, 4.69) is 23.6 Å². The zero-order chi connectivity index (χ0) is 19.7. The van der Waals surface area contributed by atoms with Crippen LogP contribution in [0.25, 0.3) is 0 Å². The molecule has 0 spiro atoms. The summed E-state index contributed by atoms with van der Waals surface area (Å²) in [6, 6.07) is 15.0. The smallest absolute Gasteiger partial charge is 0.206 e. The van der Waals surface area contributed by atoms with Crippen molar-refractivity contribution >= 4 is 27.9 Å². The molecule has 4 nitrogen and oxygen atoms in total. The van der Waals surface area contributed by atoms with Crippen molar-refractivity contribution in [1.29, 1.82) is 0 Å². The predicted molar refractivity (Wildman–Crippen MR) is 121 cm³/mol. The zero-order valence-corrected chi connectivity index (χ0v) is 18.9. The van der Waals surface area contributed by atoms with Crippen molar-refractivity contribution in [2.24, 2.45) is 5.92 Å². The molecule has 1 saturated heterocycles. The Bertz CT molecular complexity index is 923. The summed E-state index contributed by atoms with van der Waals surface area (Å²) < 4.78 is 25.8. The van der Waals surface area contributed by atoms with E-state index >= 15 is 0 Å². The fourth-order valence-corrected chi connectivity index (χ4v) is 5.95. The fourth-order valence-electron chi connectivity index (χ4n) is 4.62. The molecule has 0 radical (unpaired) electrons. The lowest BCUT2D eigenvalue weighted by atomic mass is 10.0. The van der Waals surface area contributed by atoms with Crippen LogP contribution in [0.15, 0.2) is 58.3 Å². The first-order chi connectivity index (χ1) is 13.4. The van der Waals surface area contributed by atoms with Crippen LogP contribution in [-0.4, -0.2) is 45.5 Å². The third-order valence-corrected chi connectivity index (χ3v) is 7.73. The third-order valence-electron chi connectivity index (χ3n) is 5.97. The van der Waals surface area contributed by atoms with Crippen LogP contribution in [0.5, 0.6) is 0 Å². The highest BCUT2D eigenvalue weighted by Crippen LogP contribution is 2.35. The van der Waals surface area contributed by atoms with Gasteiger partial charge >= 0.3 is 0 Å². The van der Waals surface area contributed by atoms with Crippen molar-refractivity contribution in [1.82, 2.24) is 4.90 Å². The standard InChI is InChI=1S/C23H30N2O2S.ClH/c1-18(2)17-24-13-11-20(12-14-24)25-15-10-19-16-22(8-9-23(19)25)28(26,27)21-6-4-3-5-7-21;/h3-9,16,18,20H,10-15,17H2,1-2H3;1H. The van der Waals surface area contributed by atoms with Crippen molar-refractivity contribution in [3.63, 3.8) is 0 Å². The molecule has 0 unspecified atom stereocenters. The van der Waals surface area contributed by atoms with Gasteiger partial charge in [0.05, 0.1) is 9.79 Å². The largest absolute Gasteiger partial charge is 0.368 e. The molecule has 0 atom stereocenters. The Labute approximate surface area is 181 Å². The summed E-state index contributed by atoms with van der Waals surface area (Å²) in [7, 11) is -3.45. The molecule has 4 rings (SSSR count). The first kappa shape index (κ1) is 22.1. The molecular weight excluding hydrogens is 404 g/mol. The lowest BCUT2D eigenvalue weighted by molar-refractivity contribution is 0.190. The Hall–Kier alpha value is -1.56. The van der Waals surface area contributed by atoms with Crippen molar-refractivity contribution in [2.75, 3.05) is 31.1 Å². The van der Waals surface area contributed by atoms with Crippen LogP contribution in [-0.2, 0) is 16.3 Å². The van der Waals surface area contributed by atoms with Gasteiger partial charge in [-0.05, 0) is 61.1 Å². The van der Waals surface area contributed by atoms with Crippen LogP contribution < -0.4 is 4.90 Å². The molecule has 2 aromatic carbocycles. The number of fused-ring (bicyclic) bond motifs is 1. The minimum atomic E-state index is -3.45. The average Bonchev–Trinajstić information content (AvgIpc) is 3.12. The number of rotatable bonds is 5. The molecule has 6 heteroatoms. The summed E-state index contributed by atoms with van der Waals surface area (Å²) in [6.07, 6.45) is 3.31. The van der Waals surface area contributed by atoms with Gasteiger partial charge in [0.2, 0.25) is 9.84 Å². The van der Waals surface area contributed by atoms with Crippen LogP contribution in [0, 0.1) is 5.92 Å². The predicted octanol–water partition coefficient (Wildman–Crippen LogP) is 4.42. The molecule has 29 heavy (non-hydrogen) atoms. The normalized spacial score (nSPS) is 18.0. The SMILES string of the molecule is CC(C)CN1CCC(N2CCc3cc(S(=O)(=O)c4ccccc4)ccc32)CC1.Cl. The minimum Gasteiger partial charge on any atom is -0.368 e. The molecule has 2 heterocycles. The van der Waals surface area contributed by atoms with Gasteiger partial charge < -0.3 is 9.80 Å². The van der Waals surface area contributed by atoms with E-state index in [4.69, 9.17) is 0 Å². The maximum Gasteiger partial charge on any atom is 0.206 e. The summed E-state index contributed by atoms with van der Waals surface area (Å²) in [5.74, 6) is 0.717. The summed E-state index contributed by atoms with van der Waals surface area (Å²) in [5, 5.41) is 0. The Morgan fingerprint density at radius 2 is 1.66 bits per heavy atom. The molecule has 0 amide bonds. The molecule has 0 aliphatic carbocycles. The van der Waals surface area contributed by atoms with Gasteiger partial charge in [0.15, 0.2) is 0 Å². The molecular formula is C23H31ClN2O2S. The molecule has 2 aromatic rings. The second-order valence-corrected chi connectivity index (χ2v) is 10.4. The van der Waals surface area contributed by atoms with E-state index in [-0.39, 0.29) is 12.4 Å². The number of likely N-dealkylation sites (tertiary alicyclic amines) is 1. The molecule has 0 N–H and O–H groups in total. The van der Waals surface area contributed by atoms with E-state index in [1.165, 1.54) is 30.6 Å². The highest BCUT2D eigenvalue weighted by molar-refractivity contribution is 7.91. The van der Waals surface area contributed by atoms with Gasteiger partial charge in [0.1, 0.15) is 0 Å². The second kappa shape index (κ2) is 9.07. The van der Waals surface area contributed by atoms with E-state index in [1.54, 1.807) is 30.3 Å². The topological polar surface area (TPSA) is 40.6 Å². The molecule has 2 aliphatic rings. The van der Waals surface area contributed by atoms with E-state index in [0.717, 1.165) is 26.1 Å². The monoisotopic (exact) mass is 434 g/mol. The molecule has 0 aromatic heterocycles. The maximum atomic E-state index is 12.9. The lowest BCUT2D eigenvalue weighted by Crippen LogP contribution is -2.45. The number of sulfone groups is 1. The summed E-state index contributed by atoms with van der Waals surface area (Å²) in [5.41, 5.74) is 2.40. The minimum absolute atomic E-state index is 0. The number of nitrogens with zero attached hydrogens (tertiary/aromatic N) is 2. The first-order valence-corrected chi connectivity index (χ1v) is 11.9. The Kier molecular flexibility index (Phi) is 6.92. The number of anilines is 1. The van der Waals surface area contributed by atoms with Gasteiger partial charge in [0.25, 0.3) is 0 Å². The van der Waals surface area contributed by atoms with E-state index in [0.29, 0.717) is 21.8 Å². The van der Waals surface area contributed by atoms with Gasteiger partial charge in [-0.25, -0.2) is 8.42 Å². The number of hydrogen-bond acceptors (Lipinski definition) is 4. The van der Waals surface area contributed by atoms with Crippen LogP contribution in [0.3, 0.4) is 0 Å². The first-order valence-electron chi connectivity index (χ1n) is 10.4. The quantitative estimate of drug-likeness (QED) is 0.698. The Morgan fingerprint density at radius 1 is 0.966 bits per heavy atom. The van der Waals surface area contributed by atoms with Gasteiger partial charge in [-0.2, -0.15) is 0 Å².